The molecule has 0 bridgehead atoms. The molecule has 8 heteroatoms. The van der Waals surface area contributed by atoms with Gasteiger partial charge in [0.05, 0.1) is 11.5 Å². The summed E-state index contributed by atoms with van der Waals surface area (Å²) in [6.45, 7) is 1.67. The Morgan fingerprint density at radius 2 is 2.20 bits per heavy atom. The normalized spacial score (nSPS) is 18.9. The zero-order chi connectivity index (χ0) is 13.9. The Kier molecular flexibility index (Phi) is 5.94. The zero-order valence-corrected chi connectivity index (χ0v) is 12.6. The first-order valence-corrected chi connectivity index (χ1v) is 7.79. The van der Waals surface area contributed by atoms with Crippen LogP contribution in [0.15, 0.2) is 29.2 Å². The molecule has 20 heavy (non-hydrogen) atoms. The zero-order valence-electron chi connectivity index (χ0n) is 11.0. The first-order valence-electron chi connectivity index (χ1n) is 5.90. The van der Waals surface area contributed by atoms with Gasteiger partial charge in [0.15, 0.2) is 9.84 Å². The van der Waals surface area contributed by atoms with Crippen LogP contribution in [0.25, 0.3) is 0 Å². The van der Waals surface area contributed by atoms with E-state index in [4.69, 9.17) is 4.74 Å². The van der Waals surface area contributed by atoms with E-state index < -0.39 is 15.9 Å². The molecule has 0 saturated carbocycles. The van der Waals surface area contributed by atoms with Gasteiger partial charge in [0, 0.05) is 25.0 Å². The van der Waals surface area contributed by atoms with Crippen molar-refractivity contribution in [1.82, 2.24) is 5.32 Å². The second-order valence-corrected chi connectivity index (χ2v) is 6.37. The number of amides is 1. The van der Waals surface area contributed by atoms with E-state index in [1.165, 1.54) is 12.1 Å². The number of rotatable bonds is 3. The molecule has 1 atom stereocenters. The molecule has 1 fully saturated rings. The molecule has 0 spiro atoms. The lowest BCUT2D eigenvalue weighted by Gasteiger charge is -2.22. The number of nitrogens with one attached hydrogen (secondary N) is 2. The summed E-state index contributed by atoms with van der Waals surface area (Å²) >= 11 is 0. The third-order valence-corrected chi connectivity index (χ3v) is 3.86. The van der Waals surface area contributed by atoms with Crippen molar-refractivity contribution in [2.45, 2.75) is 11.0 Å². The third kappa shape index (κ3) is 4.45. The molecule has 1 aliphatic heterocycles. The second kappa shape index (κ2) is 7.03. The van der Waals surface area contributed by atoms with Crippen molar-refractivity contribution in [3.8, 4) is 0 Å². The molecule has 0 aromatic heterocycles. The highest BCUT2D eigenvalue weighted by atomic mass is 35.5. The number of ether oxygens (including phenoxy) is 1. The molecule has 1 saturated heterocycles. The Balaban J connectivity index is 0.00000200. The van der Waals surface area contributed by atoms with Gasteiger partial charge in [-0.15, -0.1) is 12.4 Å². The van der Waals surface area contributed by atoms with E-state index in [2.05, 4.69) is 10.6 Å². The van der Waals surface area contributed by atoms with Crippen LogP contribution in [-0.2, 0) is 19.4 Å². The van der Waals surface area contributed by atoms with E-state index in [0.29, 0.717) is 18.8 Å². The lowest BCUT2D eigenvalue weighted by atomic mass is 10.2. The van der Waals surface area contributed by atoms with Crippen LogP contribution in [-0.4, -0.2) is 46.4 Å². The van der Waals surface area contributed by atoms with Crippen molar-refractivity contribution in [2.24, 2.45) is 0 Å². The molecule has 2 rings (SSSR count). The van der Waals surface area contributed by atoms with Gasteiger partial charge in [-0.1, -0.05) is 6.07 Å². The summed E-state index contributed by atoms with van der Waals surface area (Å²) in [5.41, 5.74) is 0.446. The molecule has 1 aromatic carbocycles. The Hall–Kier alpha value is -1.15. The standard InChI is InChI=1S/C12H16N2O4S.ClH/c1-19(16,17)10-4-2-3-9(7-10)14-12(15)11-8-13-5-6-18-11;/h2-4,7,11,13H,5-6,8H2,1H3,(H,14,15);1H. The van der Waals surface area contributed by atoms with Crippen molar-refractivity contribution in [1.29, 1.82) is 0 Å². The maximum Gasteiger partial charge on any atom is 0.254 e. The van der Waals surface area contributed by atoms with E-state index in [-0.39, 0.29) is 23.2 Å². The molecule has 0 aliphatic carbocycles. The van der Waals surface area contributed by atoms with Gasteiger partial charge >= 0.3 is 0 Å². The summed E-state index contributed by atoms with van der Waals surface area (Å²) in [7, 11) is -3.28. The lowest BCUT2D eigenvalue weighted by molar-refractivity contribution is -0.128. The van der Waals surface area contributed by atoms with Gasteiger partial charge in [-0.3, -0.25) is 4.79 Å². The number of halogens is 1. The van der Waals surface area contributed by atoms with E-state index in [0.717, 1.165) is 12.8 Å². The van der Waals surface area contributed by atoms with Crippen molar-refractivity contribution >= 4 is 33.8 Å². The number of anilines is 1. The molecule has 1 aromatic rings. The molecule has 6 nitrogen and oxygen atoms in total. The maximum absolute atomic E-state index is 11.9. The largest absolute Gasteiger partial charge is 0.366 e. The van der Waals surface area contributed by atoms with Crippen LogP contribution in [0.1, 0.15) is 0 Å². The minimum Gasteiger partial charge on any atom is -0.366 e. The summed E-state index contributed by atoms with van der Waals surface area (Å²) in [6.07, 6.45) is 0.581. The third-order valence-electron chi connectivity index (χ3n) is 2.75. The van der Waals surface area contributed by atoms with Crippen LogP contribution >= 0.6 is 12.4 Å². The van der Waals surface area contributed by atoms with E-state index in [1.807, 2.05) is 0 Å². The van der Waals surface area contributed by atoms with Crippen LogP contribution in [0.5, 0.6) is 0 Å². The fourth-order valence-electron chi connectivity index (χ4n) is 1.76. The van der Waals surface area contributed by atoms with Crippen molar-refractivity contribution in [2.75, 3.05) is 31.3 Å². The van der Waals surface area contributed by atoms with Crippen LogP contribution in [0.4, 0.5) is 5.69 Å². The van der Waals surface area contributed by atoms with Gasteiger partial charge in [-0.05, 0) is 18.2 Å². The Morgan fingerprint density at radius 1 is 1.45 bits per heavy atom. The molecular weight excluding hydrogens is 304 g/mol. The Bertz CT molecular complexity index is 571. The summed E-state index contributed by atoms with van der Waals surface area (Å²) in [4.78, 5) is 12.1. The van der Waals surface area contributed by atoms with E-state index in [1.54, 1.807) is 12.1 Å². The molecule has 1 amide bonds. The summed E-state index contributed by atoms with van der Waals surface area (Å²) in [6, 6.07) is 6.15. The predicted octanol–water partition coefficient (Wildman–Crippen LogP) is 0.439. The van der Waals surface area contributed by atoms with Crippen molar-refractivity contribution in [3.63, 3.8) is 0 Å². The smallest absolute Gasteiger partial charge is 0.254 e. The first kappa shape index (κ1) is 16.9. The average Bonchev–Trinajstić information content (AvgIpc) is 2.39. The highest BCUT2D eigenvalue weighted by Gasteiger charge is 2.21. The highest BCUT2D eigenvalue weighted by Crippen LogP contribution is 2.15. The molecule has 112 valence electrons. The SMILES string of the molecule is CS(=O)(=O)c1cccc(NC(=O)C2CNCCO2)c1.Cl. The van der Waals surface area contributed by atoms with E-state index >= 15 is 0 Å². The number of hydrogen-bond acceptors (Lipinski definition) is 5. The molecule has 1 unspecified atom stereocenters. The summed E-state index contributed by atoms with van der Waals surface area (Å²) < 4.78 is 28.2. The van der Waals surface area contributed by atoms with Gasteiger partial charge in [0.25, 0.3) is 5.91 Å². The predicted molar refractivity (Wildman–Crippen MR) is 78.0 cm³/mol. The molecule has 2 N–H and O–H groups in total. The number of benzene rings is 1. The monoisotopic (exact) mass is 320 g/mol. The van der Waals surface area contributed by atoms with Crippen LogP contribution in [0.2, 0.25) is 0 Å². The molecule has 0 radical (unpaired) electrons. The average molecular weight is 321 g/mol. The quantitative estimate of drug-likeness (QED) is 0.844. The van der Waals surface area contributed by atoms with Gasteiger partial charge < -0.3 is 15.4 Å². The van der Waals surface area contributed by atoms with Gasteiger partial charge in [-0.2, -0.15) is 0 Å². The van der Waals surface area contributed by atoms with Crippen LogP contribution in [0.3, 0.4) is 0 Å². The van der Waals surface area contributed by atoms with Gasteiger partial charge in [0.1, 0.15) is 6.10 Å². The topological polar surface area (TPSA) is 84.5 Å². The molecule has 1 heterocycles. The number of morpholine rings is 1. The fraction of sp³-hybridized carbons (Fsp3) is 0.417. The van der Waals surface area contributed by atoms with Crippen molar-refractivity contribution in [3.05, 3.63) is 24.3 Å². The number of sulfone groups is 1. The number of carbonyl (C=O) groups is 1. The highest BCUT2D eigenvalue weighted by molar-refractivity contribution is 7.90. The maximum atomic E-state index is 11.9. The van der Waals surface area contributed by atoms with Crippen LogP contribution in [0, 0.1) is 0 Å². The van der Waals surface area contributed by atoms with Gasteiger partial charge in [-0.25, -0.2) is 8.42 Å². The summed E-state index contributed by atoms with van der Waals surface area (Å²) in [5, 5.41) is 5.71. The number of hydrogen-bond donors (Lipinski definition) is 2. The Labute approximate surface area is 124 Å². The molecular formula is C12H17ClN2O4S. The first-order chi connectivity index (χ1) is 8.97. The fourth-order valence-corrected chi connectivity index (χ4v) is 2.43. The molecule has 1 aliphatic rings. The van der Waals surface area contributed by atoms with Gasteiger partial charge in [0.2, 0.25) is 0 Å². The van der Waals surface area contributed by atoms with Crippen molar-refractivity contribution < 1.29 is 17.9 Å². The number of carbonyl (C=O) groups excluding carboxylic acids is 1. The van der Waals surface area contributed by atoms with Crippen LogP contribution < -0.4 is 10.6 Å². The minimum absolute atomic E-state index is 0. The minimum atomic E-state index is -3.28. The summed E-state index contributed by atoms with van der Waals surface area (Å²) in [5.74, 6) is -0.280. The Morgan fingerprint density at radius 3 is 2.80 bits per heavy atom. The lowest BCUT2D eigenvalue weighted by Crippen LogP contribution is -2.45. The second-order valence-electron chi connectivity index (χ2n) is 4.35. The van der Waals surface area contributed by atoms with E-state index in [9.17, 15) is 13.2 Å².